The first kappa shape index (κ1) is 15.9. The van der Waals surface area contributed by atoms with Crippen LogP contribution in [0, 0.1) is 6.92 Å². The van der Waals surface area contributed by atoms with Crippen molar-refractivity contribution < 1.29 is 9.21 Å². The fraction of sp³-hybridized carbons (Fsp3) is 0.400. The highest BCUT2D eigenvalue weighted by atomic mass is 16.3. The molecule has 1 amide bonds. The Morgan fingerprint density at radius 3 is 2.92 bits per heavy atom. The normalized spacial score (nSPS) is 18.5. The summed E-state index contributed by atoms with van der Waals surface area (Å²) in [5, 5.41) is 0. The van der Waals surface area contributed by atoms with E-state index in [4.69, 9.17) is 4.42 Å². The zero-order valence-electron chi connectivity index (χ0n) is 14.7. The molecular weight excluding hydrogens is 314 g/mol. The van der Waals surface area contributed by atoms with Crippen LogP contribution >= 0.6 is 0 Å². The molecule has 1 unspecified atom stereocenters. The third kappa shape index (κ3) is 2.95. The van der Waals surface area contributed by atoms with Crippen LogP contribution in [0.1, 0.15) is 53.7 Å². The number of aromatic nitrogens is 2. The molecular formula is C20H23N3O2. The van der Waals surface area contributed by atoms with Crippen LogP contribution < -0.4 is 0 Å². The number of carbonyl (C=O) groups excluding carboxylic acids is 1. The van der Waals surface area contributed by atoms with Gasteiger partial charge in [-0.2, -0.15) is 0 Å². The van der Waals surface area contributed by atoms with Gasteiger partial charge in [-0.3, -0.25) is 4.79 Å². The number of nitrogens with zero attached hydrogens (tertiary/aromatic N) is 3. The van der Waals surface area contributed by atoms with Crippen molar-refractivity contribution in [2.45, 2.75) is 38.6 Å². The molecule has 5 nitrogen and oxygen atoms in total. The summed E-state index contributed by atoms with van der Waals surface area (Å²) in [5.41, 5.74) is 3.51. The molecule has 1 saturated heterocycles. The number of pyridine rings is 1. The molecule has 5 heteroatoms. The molecule has 0 aromatic carbocycles. The number of hydrogen-bond donors (Lipinski definition) is 0. The molecule has 3 aromatic heterocycles. The third-order valence-electron chi connectivity index (χ3n) is 5.06. The molecule has 0 bridgehead atoms. The summed E-state index contributed by atoms with van der Waals surface area (Å²) >= 11 is 0. The Morgan fingerprint density at radius 2 is 2.12 bits per heavy atom. The van der Waals surface area contributed by atoms with Crippen LogP contribution in [-0.4, -0.2) is 26.9 Å². The Morgan fingerprint density at radius 1 is 1.24 bits per heavy atom. The number of fused-ring (bicyclic) bond motifs is 1. The van der Waals surface area contributed by atoms with Crippen molar-refractivity contribution in [2.75, 3.05) is 6.54 Å². The summed E-state index contributed by atoms with van der Waals surface area (Å²) in [7, 11) is 2.04. The van der Waals surface area contributed by atoms with Crippen LogP contribution in [0.4, 0.5) is 0 Å². The molecule has 1 atom stereocenters. The van der Waals surface area contributed by atoms with Gasteiger partial charge in [-0.1, -0.05) is 12.8 Å². The van der Waals surface area contributed by atoms with Gasteiger partial charge in [-0.05, 0) is 44.0 Å². The smallest absolute Gasteiger partial charge is 0.290 e. The van der Waals surface area contributed by atoms with E-state index in [0.717, 1.165) is 43.4 Å². The van der Waals surface area contributed by atoms with Gasteiger partial charge in [-0.15, -0.1) is 0 Å². The van der Waals surface area contributed by atoms with E-state index in [0.29, 0.717) is 11.3 Å². The lowest BCUT2D eigenvalue weighted by molar-refractivity contribution is 0.0644. The molecule has 130 valence electrons. The summed E-state index contributed by atoms with van der Waals surface area (Å²) in [5.74, 6) is 0.345. The zero-order chi connectivity index (χ0) is 17.4. The minimum atomic E-state index is -0.0382. The van der Waals surface area contributed by atoms with Crippen LogP contribution in [0.25, 0.3) is 11.1 Å². The molecule has 0 N–H and O–H groups in total. The fourth-order valence-electron chi connectivity index (χ4n) is 3.75. The van der Waals surface area contributed by atoms with Gasteiger partial charge < -0.3 is 13.9 Å². The summed E-state index contributed by atoms with van der Waals surface area (Å²) in [6.45, 7) is 2.70. The number of aryl methyl sites for hydroxylation is 2. The third-order valence-corrected chi connectivity index (χ3v) is 5.06. The van der Waals surface area contributed by atoms with E-state index in [1.165, 1.54) is 5.69 Å². The van der Waals surface area contributed by atoms with Crippen molar-refractivity contribution in [3.05, 3.63) is 53.7 Å². The number of likely N-dealkylation sites (tertiary alicyclic amines) is 1. The first-order chi connectivity index (χ1) is 12.1. The van der Waals surface area contributed by atoms with E-state index >= 15 is 0 Å². The first-order valence-corrected chi connectivity index (χ1v) is 8.93. The van der Waals surface area contributed by atoms with Gasteiger partial charge in [0, 0.05) is 37.2 Å². The highest BCUT2D eigenvalue weighted by Gasteiger charge is 2.30. The lowest BCUT2D eigenvalue weighted by atomic mass is 10.1. The van der Waals surface area contributed by atoms with Crippen LogP contribution in [-0.2, 0) is 7.05 Å². The van der Waals surface area contributed by atoms with E-state index in [-0.39, 0.29) is 11.9 Å². The first-order valence-electron chi connectivity index (χ1n) is 8.93. The van der Waals surface area contributed by atoms with Crippen LogP contribution in [0.2, 0.25) is 0 Å². The van der Waals surface area contributed by atoms with E-state index < -0.39 is 0 Å². The van der Waals surface area contributed by atoms with E-state index in [1.54, 1.807) is 6.07 Å². The maximum absolute atomic E-state index is 13.2. The molecule has 1 fully saturated rings. The molecule has 0 radical (unpaired) electrons. The topological polar surface area (TPSA) is 51.3 Å². The SMILES string of the molecule is Cc1ccc2oc(C(=O)N3CCCCCC3c3cccn3C)cc2n1. The molecule has 1 aliphatic heterocycles. The second-order valence-electron chi connectivity index (χ2n) is 6.85. The second-order valence-corrected chi connectivity index (χ2v) is 6.85. The fourth-order valence-corrected chi connectivity index (χ4v) is 3.75. The average molecular weight is 337 g/mol. The molecule has 4 heterocycles. The van der Waals surface area contributed by atoms with Gasteiger partial charge in [0.15, 0.2) is 11.3 Å². The largest absolute Gasteiger partial charge is 0.449 e. The Hall–Kier alpha value is -2.56. The summed E-state index contributed by atoms with van der Waals surface area (Å²) in [6.07, 6.45) is 6.36. The van der Waals surface area contributed by atoms with Crippen molar-refractivity contribution in [1.82, 2.24) is 14.5 Å². The average Bonchev–Trinajstić information content (AvgIpc) is 3.13. The minimum Gasteiger partial charge on any atom is -0.449 e. The summed E-state index contributed by atoms with van der Waals surface area (Å²) < 4.78 is 7.93. The predicted molar refractivity (Wildman–Crippen MR) is 96.4 cm³/mol. The van der Waals surface area contributed by atoms with Gasteiger partial charge in [0.05, 0.1) is 6.04 Å². The lowest BCUT2D eigenvalue weighted by Gasteiger charge is -2.30. The van der Waals surface area contributed by atoms with E-state index in [9.17, 15) is 4.79 Å². The lowest BCUT2D eigenvalue weighted by Crippen LogP contribution is -2.35. The van der Waals surface area contributed by atoms with Gasteiger partial charge in [-0.25, -0.2) is 4.98 Å². The van der Waals surface area contributed by atoms with E-state index in [1.807, 2.05) is 43.3 Å². The number of rotatable bonds is 2. The zero-order valence-corrected chi connectivity index (χ0v) is 14.7. The molecule has 0 spiro atoms. The predicted octanol–water partition coefficient (Wildman–Crippen LogP) is 4.23. The minimum absolute atomic E-state index is 0.0382. The maximum Gasteiger partial charge on any atom is 0.290 e. The summed E-state index contributed by atoms with van der Waals surface area (Å²) in [6, 6.07) is 9.80. The molecule has 0 saturated carbocycles. The highest BCUT2D eigenvalue weighted by Crippen LogP contribution is 2.32. The van der Waals surface area contributed by atoms with Gasteiger partial charge >= 0.3 is 0 Å². The van der Waals surface area contributed by atoms with Crippen LogP contribution in [0.15, 0.2) is 40.9 Å². The number of amides is 1. The number of hydrogen-bond acceptors (Lipinski definition) is 3. The van der Waals surface area contributed by atoms with Crippen LogP contribution in [0.3, 0.4) is 0 Å². The van der Waals surface area contributed by atoms with Gasteiger partial charge in [0.1, 0.15) is 5.52 Å². The monoisotopic (exact) mass is 337 g/mol. The van der Waals surface area contributed by atoms with Crippen LogP contribution in [0.5, 0.6) is 0 Å². The number of carbonyl (C=O) groups is 1. The molecule has 1 aliphatic rings. The highest BCUT2D eigenvalue weighted by molar-refractivity contribution is 5.95. The quantitative estimate of drug-likeness (QED) is 0.703. The number of furan rings is 1. The maximum atomic E-state index is 13.2. The second kappa shape index (κ2) is 6.39. The molecule has 25 heavy (non-hydrogen) atoms. The van der Waals surface area contributed by atoms with Crippen molar-refractivity contribution in [3.63, 3.8) is 0 Å². The Balaban J connectivity index is 1.70. The molecule has 3 aromatic rings. The molecule has 0 aliphatic carbocycles. The van der Waals surface area contributed by atoms with E-state index in [2.05, 4.69) is 15.6 Å². The summed E-state index contributed by atoms with van der Waals surface area (Å²) in [4.78, 5) is 19.7. The van der Waals surface area contributed by atoms with Crippen molar-refractivity contribution in [2.24, 2.45) is 7.05 Å². The molecule has 4 rings (SSSR count). The Bertz CT molecular complexity index is 909. The van der Waals surface area contributed by atoms with Crippen molar-refractivity contribution >= 4 is 17.0 Å². The van der Waals surface area contributed by atoms with Gasteiger partial charge in [0.2, 0.25) is 0 Å². The Labute approximate surface area is 147 Å². The van der Waals surface area contributed by atoms with Gasteiger partial charge in [0.25, 0.3) is 5.91 Å². The Kier molecular flexibility index (Phi) is 4.07. The van der Waals surface area contributed by atoms with Crippen molar-refractivity contribution in [3.8, 4) is 0 Å². The van der Waals surface area contributed by atoms with Crippen molar-refractivity contribution in [1.29, 1.82) is 0 Å². The standard InChI is InChI=1S/C20H23N3O2/c1-14-9-10-18-15(21-14)13-19(25-18)20(24)23-12-5-3-4-7-17(23)16-8-6-11-22(16)2/h6,8-11,13,17H,3-5,7,12H2,1-2H3.